The molecule has 1 rings (SSSR count). The van der Waals surface area contributed by atoms with Gasteiger partial charge in [0.25, 0.3) is 0 Å². The van der Waals surface area contributed by atoms with Crippen LogP contribution in [0.15, 0.2) is 24.3 Å². The minimum absolute atomic E-state index is 0.251. The molecule has 0 radical (unpaired) electrons. The highest BCUT2D eigenvalue weighted by Gasteiger charge is 2.12. The van der Waals surface area contributed by atoms with Gasteiger partial charge in [0.05, 0.1) is 0 Å². The van der Waals surface area contributed by atoms with E-state index in [1.807, 2.05) is 0 Å². The molecule has 0 aliphatic carbocycles. The highest BCUT2D eigenvalue weighted by Crippen LogP contribution is 2.20. The maximum absolute atomic E-state index is 5.53. The first kappa shape index (κ1) is 11.2. The number of hydrogen-bond donors (Lipinski definition) is 2. The van der Waals surface area contributed by atoms with Crippen LogP contribution < -0.4 is 11.3 Å². The van der Waals surface area contributed by atoms with Crippen LogP contribution in [0.5, 0.6) is 0 Å². The Morgan fingerprint density at radius 1 is 1.21 bits per heavy atom. The van der Waals surface area contributed by atoms with Crippen LogP contribution in [0.25, 0.3) is 0 Å². The van der Waals surface area contributed by atoms with Crippen molar-refractivity contribution in [2.75, 3.05) is 0 Å². The molecule has 0 heterocycles. The zero-order chi connectivity index (χ0) is 10.6. The van der Waals surface area contributed by atoms with Gasteiger partial charge in [-0.05, 0) is 23.5 Å². The lowest BCUT2D eigenvalue weighted by Gasteiger charge is -2.20. The highest BCUT2D eigenvalue weighted by atomic mass is 15.2. The third-order valence-corrected chi connectivity index (χ3v) is 2.59. The molecular formula is C12H20N2. The molecule has 0 bridgehead atoms. The van der Waals surface area contributed by atoms with E-state index in [4.69, 9.17) is 5.84 Å². The maximum atomic E-state index is 5.53. The third-order valence-electron chi connectivity index (χ3n) is 2.59. The van der Waals surface area contributed by atoms with Gasteiger partial charge in [0.2, 0.25) is 0 Å². The average molecular weight is 192 g/mol. The van der Waals surface area contributed by atoms with Crippen LogP contribution in [0.4, 0.5) is 0 Å². The number of aryl methyl sites for hydroxylation is 1. The largest absolute Gasteiger partial charge is 0.271 e. The first-order valence-electron chi connectivity index (χ1n) is 5.24. The van der Waals surface area contributed by atoms with E-state index < -0.39 is 0 Å². The molecule has 1 atom stereocenters. The van der Waals surface area contributed by atoms with Crippen molar-refractivity contribution >= 4 is 0 Å². The van der Waals surface area contributed by atoms with Gasteiger partial charge in [0.15, 0.2) is 0 Å². The lowest BCUT2D eigenvalue weighted by Crippen LogP contribution is -2.31. The summed E-state index contributed by atoms with van der Waals surface area (Å²) in [5, 5.41) is 0. The topological polar surface area (TPSA) is 38.0 Å². The SMILES string of the molecule is CCc1ccc(C(NN)C(C)C)cc1. The molecule has 2 heteroatoms. The van der Waals surface area contributed by atoms with Gasteiger partial charge in [-0.1, -0.05) is 45.0 Å². The number of hydrogen-bond acceptors (Lipinski definition) is 2. The van der Waals surface area contributed by atoms with Crippen molar-refractivity contribution in [1.29, 1.82) is 0 Å². The van der Waals surface area contributed by atoms with E-state index in [1.54, 1.807) is 0 Å². The Balaban J connectivity index is 2.84. The van der Waals surface area contributed by atoms with E-state index in [0.717, 1.165) is 6.42 Å². The predicted molar refractivity (Wildman–Crippen MR) is 60.7 cm³/mol. The fraction of sp³-hybridized carbons (Fsp3) is 0.500. The second kappa shape index (κ2) is 5.13. The van der Waals surface area contributed by atoms with Crippen LogP contribution in [0.3, 0.4) is 0 Å². The molecule has 0 fully saturated rings. The second-order valence-electron chi connectivity index (χ2n) is 3.98. The predicted octanol–water partition coefficient (Wildman–Crippen LogP) is 2.41. The van der Waals surface area contributed by atoms with Gasteiger partial charge < -0.3 is 0 Å². The zero-order valence-corrected chi connectivity index (χ0v) is 9.25. The Bertz CT molecular complexity index is 264. The van der Waals surface area contributed by atoms with Gasteiger partial charge in [-0.15, -0.1) is 0 Å². The maximum Gasteiger partial charge on any atom is 0.0482 e. The fourth-order valence-electron chi connectivity index (χ4n) is 1.63. The van der Waals surface area contributed by atoms with Crippen LogP contribution in [0.1, 0.15) is 37.9 Å². The first-order valence-corrected chi connectivity index (χ1v) is 5.24. The van der Waals surface area contributed by atoms with Crippen molar-refractivity contribution in [2.24, 2.45) is 11.8 Å². The van der Waals surface area contributed by atoms with Crippen LogP contribution in [-0.2, 0) is 6.42 Å². The van der Waals surface area contributed by atoms with Crippen LogP contribution in [-0.4, -0.2) is 0 Å². The zero-order valence-electron chi connectivity index (χ0n) is 9.25. The molecule has 14 heavy (non-hydrogen) atoms. The molecule has 0 aromatic heterocycles. The lowest BCUT2D eigenvalue weighted by molar-refractivity contribution is 0.421. The standard InChI is InChI=1S/C12H20N2/c1-4-10-5-7-11(8-6-10)12(14-13)9(2)3/h5-9,12,14H,4,13H2,1-3H3. The lowest BCUT2D eigenvalue weighted by atomic mass is 9.95. The number of rotatable bonds is 4. The van der Waals surface area contributed by atoms with Crippen molar-refractivity contribution in [1.82, 2.24) is 5.43 Å². The molecule has 0 amide bonds. The summed E-state index contributed by atoms with van der Waals surface area (Å²) in [5.41, 5.74) is 5.49. The Hall–Kier alpha value is -0.860. The molecule has 3 N–H and O–H groups in total. The number of nitrogens with two attached hydrogens (primary N) is 1. The van der Waals surface area contributed by atoms with E-state index in [9.17, 15) is 0 Å². The first-order chi connectivity index (χ1) is 6.69. The van der Waals surface area contributed by atoms with Gasteiger partial charge in [-0.2, -0.15) is 0 Å². The summed E-state index contributed by atoms with van der Waals surface area (Å²) < 4.78 is 0. The third kappa shape index (κ3) is 2.56. The summed E-state index contributed by atoms with van der Waals surface area (Å²) in [6.07, 6.45) is 1.09. The van der Waals surface area contributed by atoms with E-state index >= 15 is 0 Å². The Kier molecular flexibility index (Phi) is 4.11. The molecule has 0 aliphatic heterocycles. The van der Waals surface area contributed by atoms with Gasteiger partial charge >= 0.3 is 0 Å². The Morgan fingerprint density at radius 3 is 2.14 bits per heavy atom. The van der Waals surface area contributed by atoms with E-state index in [0.29, 0.717) is 5.92 Å². The smallest absolute Gasteiger partial charge is 0.0482 e. The quantitative estimate of drug-likeness (QED) is 0.568. The summed E-state index contributed by atoms with van der Waals surface area (Å²) in [7, 11) is 0. The molecular weight excluding hydrogens is 172 g/mol. The van der Waals surface area contributed by atoms with Crippen LogP contribution in [0.2, 0.25) is 0 Å². The highest BCUT2D eigenvalue weighted by molar-refractivity contribution is 5.25. The molecule has 1 aromatic rings. The Morgan fingerprint density at radius 2 is 1.79 bits per heavy atom. The summed E-state index contributed by atoms with van der Waals surface area (Å²) in [4.78, 5) is 0. The van der Waals surface area contributed by atoms with Crippen molar-refractivity contribution in [3.63, 3.8) is 0 Å². The number of benzene rings is 1. The van der Waals surface area contributed by atoms with Crippen LogP contribution in [0, 0.1) is 5.92 Å². The molecule has 2 nitrogen and oxygen atoms in total. The molecule has 0 saturated carbocycles. The molecule has 1 unspecified atom stereocenters. The summed E-state index contributed by atoms with van der Waals surface area (Å²) in [5.74, 6) is 6.03. The molecule has 0 spiro atoms. The number of nitrogens with one attached hydrogen (secondary N) is 1. The minimum Gasteiger partial charge on any atom is -0.271 e. The summed E-state index contributed by atoms with van der Waals surface area (Å²) in [6.45, 7) is 6.49. The molecule has 0 aliphatic rings. The minimum atomic E-state index is 0.251. The Labute approximate surface area is 86.5 Å². The van der Waals surface area contributed by atoms with Gasteiger partial charge in [-0.25, -0.2) is 0 Å². The molecule has 78 valence electrons. The second-order valence-corrected chi connectivity index (χ2v) is 3.98. The van der Waals surface area contributed by atoms with Gasteiger partial charge in [-0.3, -0.25) is 11.3 Å². The van der Waals surface area contributed by atoms with Gasteiger partial charge in [0, 0.05) is 6.04 Å². The van der Waals surface area contributed by atoms with E-state index in [-0.39, 0.29) is 6.04 Å². The van der Waals surface area contributed by atoms with Crippen molar-refractivity contribution in [3.05, 3.63) is 35.4 Å². The average Bonchev–Trinajstić information content (AvgIpc) is 2.19. The van der Waals surface area contributed by atoms with Crippen molar-refractivity contribution in [3.8, 4) is 0 Å². The summed E-state index contributed by atoms with van der Waals surface area (Å²) >= 11 is 0. The van der Waals surface area contributed by atoms with Gasteiger partial charge in [0.1, 0.15) is 0 Å². The van der Waals surface area contributed by atoms with E-state index in [2.05, 4.69) is 50.5 Å². The number of hydrazine groups is 1. The molecule has 1 aromatic carbocycles. The van der Waals surface area contributed by atoms with E-state index in [1.165, 1.54) is 11.1 Å². The molecule has 0 saturated heterocycles. The van der Waals surface area contributed by atoms with Crippen molar-refractivity contribution < 1.29 is 0 Å². The summed E-state index contributed by atoms with van der Waals surface area (Å²) in [6, 6.07) is 8.90. The van der Waals surface area contributed by atoms with Crippen LogP contribution >= 0.6 is 0 Å². The normalized spacial score (nSPS) is 13.2. The monoisotopic (exact) mass is 192 g/mol. The fourth-order valence-corrected chi connectivity index (χ4v) is 1.63. The van der Waals surface area contributed by atoms with Crippen molar-refractivity contribution in [2.45, 2.75) is 33.2 Å².